The fraction of sp³-hybridized carbons (Fsp3) is 0.857. The molecule has 0 N–H and O–H groups in total. The smallest absolute Gasteiger partial charge is 0.214 e. The Hall–Kier alpha value is -1.22. The minimum Gasteiger partial charge on any atom is -0.354 e. The summed E-state index contributed by atoms with van der Waals surface area (Å²) in [6.07, 6.45) is -1.72. The average molecular weight is 318 g/mol. The van der Waals surface area contributed by atoms with Gasteiger partial charge in [-0.2, -0.15) is 0 Å². The van der Waals surface area contributed by atoms with E-state index >= 15 is 0 Å². The summed E-state index contributed by atoms with van der Waals surface area (Å²) in [7, 11) is 0. The van der Waals surface area contributed by atoms with Gasteiger partial charge in [0.2, 0.25) is 12.8 Å². The Bertz CT molecular complexity index is 287. The van der Waals surface area contributed by atoms with Crippen molar-refractivity contribution in [3.8, 4) is 0 Å². The minimum atomic E-state index is -0.749. The second kappa shape index (κ2) is 9.73. The van der Waals surface area contributed by atoms with Gasteiger partial charge in [0, 0.05) is 26.4 Å². The van der Waals surface area contributed by atoms with Crippen LogP contribution in [-0.4, -0.2) is 74.0 Å². The number of rotatable bonds is 10. The Morgan fingerprint density at radius 3 is 1.00 bits per heavy atom. The van der Waals surface area contributed by atoms with Gasteiger partial charge in [-0.3, -0.25) is 19.4 Å². The lowest BCUT2D eigenvalue weighted by molar-refractivity contribution is -0.308. The average Bonchev–Trinajstić information content (AvgIpc) is 2.52. The van der Waals surface area contributed by atoms with Gasteiger partial charge in [-0.15, -0.1) is 0 Å². The number of carbonyl (C=O) groups excluding carboxylic acids is 2. The van der Waals surface area contributed by atoms with Crippen LogP contribution in [-0.2, 0) is 28.5 Å². The number of amides is 2. The first-order valence-electron chi connectivity index (χ1n) is 7.61. The molecule has 8 heteroatoms. The zero-order chi connectivity index (χ0) is 16.5. The SMILES string of the molecule is CCOC1C(OCC)N(C=O)C(OCC)C(OCC)N1C=O. The molecule has 1 aliphatic heterocycles. The van der Waals surface area contributed by atoms with Crippen LogP contribution in [0.1, 0.15) is 27.7 Å². The van der Waals surface area contributed by atoms with Gasteiger partial charge in [0.15, 0.2) is 24.9 Å². The van der Waals surface area contributed by atoms with Gasteiger partial charge in [-0.25, -0.2) is 0 Å². The number of ether oxygens (including phenoxy) is 4. The van der Waals surface area contributed by atoms with Crippen LogP contribution < -0.4 is 0 Å². The summed E-state index contributed by atoms with van der Waals surface area (Å²) in [6.45, 7) is 8.69. The summed E-state index contributed by atoms with van der Waals surface area (Å²) in [6, 6.07) is 0. The molecule has 1 saturated heterocycles. The standard InChI is InChI=1S/C14H26N2O6/c1-5-19-11-12(20-6-2)16(10-18)14(22-8-4)13(21-7-3)15(11)9-17/h9-14H,5-8H2,1-4H3. The Balaban J connectivity index is 3.19. The van der Waals surface area contributed by atoms with Gasteiger partial charge < -0.3 is 18.9 Å². The molecular formula is C14H26N2O6. The number of hydrogen-bond donors (Lipinski definition) is 0. The summed E-state index contributed by atoms with van der Waals surface area (Å²) in [5.74, 6) is 0. The quantitative estimate of drug-likeness (QED) is 0.542. The van der Waals surface area contributed by atoms with Crippen molar-refractivity contribution in [3.63, 3.8) is 0 Å². The molecule has 0 radical (unpaired) electrons. The van der Waals surface area contributed by atoms with Gasteiger partial charge in [0.05, 0.1) is 0 Å². The van der Waals surface area contributed by atoms with Crippen LogP contribution >= 0.6 is 0 Å². The third kappa shape index (κ3) is 3.95. The van der Waals surface area contributed by atoms with Crippen LogP contribution in [0.25, 0.3) is 0 Å². The normalized spacial score (nSPS) is 28.7. The van der Waals surface area contributed by atoms with Crippen molar-refractivity contribution in [3.05, 3.63) is 0 Å². The molecule has 22 heavy (non-hydrogen) atoms. The molecule has 0 aromatic rings. The van der Waals surface area contributed by atoms with Crippen LogP contribution in [0.5, 0.6) is 0 Å². The lowest BCUT2D eigenvalue weighted by Crippen LogP contribution is -2.70. The van der Waals surface area contributed by atoms with Crippen molar-refractivity contribution >= 4 is 12.8 Å². The molecular weight excluding hydrogens is 292 g/mol. The molecule has 128 valence electrons. The van der Waals surface area contributed by atoms with E-state index in [0.717, 1.165) is 0 Å². The van der Waals surface area contributed by atoms with E-state index < -0.39 is 24.9 Å². The van der Waals surface area contributed by atoms with E-state index in [-0.39, 0.29) is 0 Å². The maximum atomic E-state index is 11.6. The summed E-state index contributed by atoms with van der Waals surface area (Å²) in [5.41, 5.74) is 0. The van der Waals surface area contributed by atoms with Gasteiger partial charge >= 0.3 is 0 Å². The fourth-order valence-electron chi connectivity index (χ4n) is 2.48. The second-order valence-electron chi connectivity index (χ2n) is 4.49. The third-order valence-corrected chi connectivity index (χ3v) is 3.26. The van der Waals surface area contributed by atoms with E-state index in [9.17, 15) is 9.59 Å². The first-order chi connectivity index (χ1) is 10.7. The van der Waals surface area contributed by atoms with Gasteiger partial charge in [-0.05, 0) is 27.7 Å². The molecule has 1 fully saturated rings. The number of piperazine rings is 1. The van der Waals surface area contributed by atoms with Gasteiger partial charge in [0.25, 0.3) is 0 Å². The molecule has 4 unspecified atom stereocenters. The fourth-order valence-corrected chi connectivity index (χ4v) is 2.48. The van der Waals surface area contributed by atoms with Crippen molar-refractivity contribution in [2.24, 2.45) is 0 Å². The molecule has 1 heterocycles. The molecule has 0 aromatic carbocycles. The number of nitrogens with zero attached hydrogens (tertiary/aromatic N) is 2. The first-order valence-corrected chi connectivity index (χ1v) is 7.61. The Labute approximate surface area is 131 Å². The maximum absolute atomic E-state index is 11.6. The van der Waals surface area contributed by atoms with Crippen LogP contribution in [0, 0.1) is 0 Å². The zero-order valence-electron chi connectivity index (χ0n) is 13.6. The van der Waals surface area contributed by atoms with Crippen LogP contribution in [0.3, 0.4) is 0 Å². The summed E-state index contributed by atoms with van der Waals surface area (Å²) >= 11 is 0. The van der Waals surface area contributed by atoms with E-state index in [1.807, 2.05) is 27.7 Å². The highest BCUT2D eigenvalue weighted by Gasteiger charge is 2.49. The van der Waals surface area contributed by atoms with Crippen molar-refractivity contribution in [1.82, 2.24) is 9.80 Å². The lowest BCUT2D eigenvalue weighted by atomic mass is 10.2. The highest BCUT2D eigenvalue weighted by atomic mass is 16.6. The van der Waals surface area contributed by atoms with Crippen molar-refractivity contribution < 1.29 is 28.5 Å². The molecule has 0 aromatic heterocycles. The predicted octanol–water partition coefficient (Wildman–Crippen LogP) is 0.367. The monoisotopic (exact) mass is 318 g/mol. The zero-order valence-corrected chi connectivity index (χ0v) is 13.6. The van der Waals surface area contributed by atoms with Crippen LogP contribution in [0.2, 0.25) is 0 Å². The maximum Gasteiger partial charge on any atom is 0.214 e. The number of hydrogen-bond acceptors (Lipinski definition) is 6. The molecule has 0 aliphatic carbocycles. The van der Waals surface area contributed by atoms with Crippen molar-refractivity contribution in [1.29, 1.82) is 0 Å². The summed E-state index contributed by atoms with van der Waals surface area (Å²) in [4.78, 5) is 25.9. The minimum absolute atomic E-state index is 0.365. The highest BCUT2D eigenvalue weighted by molar-refractivity contribution is 5.52. The number of carbonyl (C=O) groups is 2. The lowest BCUT2D eigenvalue weighted by Gasteiger charge is -2.51. The van der Waals surface area contributed by atoms with E-state index in [2.05, 4.69) is 0 Å². The molecule has 1 rings (SSSR count). The van der Waals surface area contributed by atoms with Gasteiger partial charge in [-0.1, -0.05) is 0 Å². The Kier molecular flexibility index (Phi) is 8.32. The molecule has 8 nitrogen and oxygen atoms in total. The molecule has 0 saturated carbocycles. The molecule has 1 aliphatic rings. The molecule has 0 spiro atoms. The third-order valence-electron chi connectivity index (χ3n) is 3.26. The summed E-state index contributed by atoms with van der Waals surface area (Å²) < 4.78 is 22.5. The summed E-state index contributed by atoms with van der Waals surface area (Å²) in [5, 5.41) is 0. The molecule has 4 atom stereocenters. The van der Waals surface area contributed by atoms with Crippen molar-refractivity contribution in [2.75, 3.05) is 26.4 Å². The van der Waals surface area contributed by atoms with Crippen LogP contribution in [0.15, 0.2) is 0 Å². The topological polar surface area (TPSA) is 77.5 Å². The first kappa shape index (κ1) is 18.8. The largest absolute Gasteiger partial charge is 0.354 e. The van der Waals surface area contributed by atoms with E-state index in [4.69, 9.17) is 18.9 Å². The van der Waals surface area contributed by atoms with E-state index in [0.29, 0.717) is 39.2 Å². The molecule has 2 amide bonds. The Morgan fingerprint density at radius 1 is 0.636 bits per heavy atom. The second-order valence-corrected chi connectivity index (χ2v) is 4.49. The highest BCUT2D eigenvalue weighted by Crippen LogP contribution is 2.28. The van der Waals surface area contributed by atoms with E-state index in [1.54, 1.807) is 0 Å². The molecule has 0 bridgehead atoms. The Morgan fingerprint density at radius 2 is 0.864 bits per heavy atom. The van der Waals surface area contributed by atoms with Gasteiger partial charge in [0.1, 0.15) is 0 Å². The van der Waals surface area contributed by atoms with E-state index in [1.165, 1.54) is 9.80 Å². The van der Waals surface area contributed by atoms with Crippen LogP contribution in [0.4, 0.5) is 0 Å². The van der Waals surface area contributed by atoms with Crippen molar-refractivity contribution in [2.45, 2.75) is 52.6 Å². The predicted molar refractivity (Wildman–Crippen MR) is 77.5 cm³/mol.